The number of phenols is 1. The molecule has 0 amide bonds. The third-order valence-corrected chi connectivity index (χ3v) is 3.01. The van der Waals surface area contributed by atoms with Crippen molar-refractivity contribution in [2.75, 3.05) is 0 Å². The fourth-order valence-corrected chi connectivity index (χ4v) is 2.23. The van der Waals surface area contributed by atoms with Crippen molar-refractivity contribution in [3.8, 4) is 17.0 Å². The summed E-state index contributed by atoms with van der Waals surface area (Å²) in [4.78, 5) is 5.42. The second kappa shape index (κ2) is 3.10. The molecule has 4 heteroatoms. The molecule has 3 aromatic rings. The summed E-state index contributed by atoms with van der Waals surface area (Å²) in [6.07, 6.45) is 3.93. The fraction of sp³-hybridized carbons (Fsp3) is 0. The zero-order valence-corrected chi connectivity index (χ0v) is 8.61. The van der Waals surface area contributed by atoms with Gasteiger partial charge in [0, 0.05) is 23.3 Å². The predicted octanol–water partition coefficient (Wildman–Crippen LogP) is 2.77. The maximum absolute atomic E-state index is 9.37. The molecule has 0 unspecified atom stereocenters. The first-order valence-corrected chi connectivity index (χ1v) is 5.42. The first-order valence-electron chi connectivity index (χ1n) is 4.54. The topological polar surface area (TPSA) is 37.5 Å². The van der Waals surface area contributed by atoms with E-state index in [9.17, 15) is 5.11 Å². The molecular weight excluding hydrogens is 208 g/mol. The molecule has 1 aromatic carbocycles. The van der Waals surface area contributed by atoms with Crippen LogP contribution in [-0.2, 0) is 0 Å². The lowest BCUT2D eigenvalue weighted by Gasteiger charge is -1.96. The summed E-state index contributed by atoms with van der Waals surface area (Å²) in [5, 5.41) is 11.4. The van der Waals surface area contributed by atoms with E-state index >= 15 is 0 Å². The van der Waals surface area contributed by atoms with Gasteiger partial charge in [0.25, 0.3) is 0 Å². The van der Waals surface area contributed by atoms with E-state index < -0.39 is 0 Å². The Morgan fingerprint density at radius 3 is 3.07 bits per heavy atom. The van der Waals surface area contributed by atoms with E-state index in [4.69, 9.17) is 0 Å². The minimum absolute atomic E-state index is 0.267. The van der Waals surface area contributed by atoms with Gasteiger partial charge in [-0.3, -0.25) is 4.40 Å². The van der Waals surface area contributed by atoms with E-state index in [-0.39, 0.29) is 5.75 Å². The predicted molar refractivity (Wildman–Crippen MR) is 60.2 cm³/mol. The van der Waals surface area contributed by atoms with Crippen LogP contribution in [-0.4, -0.2) is 14.5 Å². The Morgan fingerprint density at radius 1 is 1.33 bits per heavy atom. The Morgan fingerprint density at radius 2 is 2.27 bits per heavy atom. The molecule has 0 fully saturated rings. The van der Waals surface area contributed by atoms with Gasteiger partial charge in [-0.15, -0.1) is 11.3 Å². The van der Waals surface area contributed by atoms with Crippen molar-refractivity contribution in [1.82, 2.24) is 9.38 Å². The molecule has 0 radical (unpaired) electrons. The van der Waals surface area contributed by atoms with Crippen LogP contribution in [0.2, 0.25) is 0 Å². The van der Waals surface area contributed by atoms with Crippen LogP contribution >= 0.6 is 11.3 Å². The van der Waals surface area contributed by atoms with Gasteiger partial charge in [-0.25, -0.2) is 4.98 Å². The molecule has 0 aliphatic carbocycles. The number of fused-ring (bicyclic) bond motifs is 1. The van der Waals surface area contributed by atoms with Gasteiger partial charge < -0.3 is 5.11 Å². The second-order valence-electron chi connectivity index (χ2n) is 3.27. The first-order chi connectivity index (χ1) is 7.33. The van der Waals surface area contributed by atoms with Crippen LogP contribution in [0.25, 0.3) is 16.2 Å². The van der Waals surface area contributed by atoms with E-state index in [1.807, 2.05) is 34.3 Å². The van der Waals surface area contributed by atoms with Crippen molar-refractivity contribution in [1.29, 1.82) is 0 Å². The number of hydrogen-bond acceptors (Lipinski definition) is 3. The second-order valence-corrected chi connectivity index (χ2v) is 4.14. The molecule has 2 aromatic heterocycles. The van der Waals surface area contributed by atoms with Crippen molar-refractivity contribution < 1.29 is 5.11 Å². The van der Waals surface area contributed by atoms with Gasteiger partial charge in [0.2, 0.25) is 0 Å². The van der Waals surface area contributed by atoms with Gasteiger partial charge in [-0.1, -0.05) is 12.1 Å². The highest BCUT2D eigenvalue weighted by Gasteiger charge is 2.04. The van der Waals surface area contributed by atoms with E-state index in [0.717, 1.165) is 16.2 Å². The van der Waals surface area contributed by atoms with Gasteiger partial charge in [-0.05, 0) is 12.1 Å². The molecule has 3 rings (SSSR count). The van der Waals surface area contributed by atoms with Crippen molar-refractivity contribution >= 4 is 16.3 Å². The maximum atomic E-state index is 9.37. The largest absolute Gasteiger partial charge is 0.508 e. The quantitative estimate of drug-likeness (QED) is 0.679. The molecule has 74 valence electrons. The zero-order chi connectivity index (χ0) is 10.3. The summed E-state index contributed by atoms with van der Waals surface area (Å²) in [5.74, 6) is 0.267. The SMILES string of the molecule is Oc1cccc(-c2cn3ccsc3n2)c1. The molecule has 0 spiro atoms. The number of aromatic nitrogens is 2. The molecule has 0 atom stereocenters. The average Bonchev–Trinajstić information content (AvgIpc) is 2.76. The Kier molecular flexibility index (Phi) is 1.76. The van der Waals surface area contributed by atoms with Gasteiger partial charge in [0.1, 0.15) is 5.75 Å². The number of benzene rings is 1. The van der Waals surface area contributed by atoms with Crippen LogP contribution in [0.4, 0.5) is 0 Å². The lowest BCUT2D eigenvalue weighted by molar-refractivity contribution is 0.475. The maximum Gasteiger partial charge on any atom is 0.194 e. The lowest BCUT2D eigenvalue weighted by Crippen LogP contribution is -1.75. The van der Waals surface area contributed by atoms with Crippen LogP contribution in [0.1, 0.15) is 0 Å². The van der Waals surface area contributed by atoms with Crippen molar-refractivity contribution in [2.45, 2.75) is 0 Å². The van der Waals surface area contributed by atoms with Crippen LogP contribution in [0.5, 0.6) is 5.75 Å². The Hall–Kier alpha value is -1.81. The summed E-state index contributed by atoms with van der Waals surface area (Å²) in [6, 6.07) is 7.12. The summed E-state index contributed by atoms with van der Waals surface area (Å²) in [5.41, 5.74) is 1.82. The number of phenolic OH excluding ortho intramolecular Hbond substituents is 1. The molecular formula is C11H8N2OS. The highest BCUT2D eigenvalue weighted by molar-refractivity contribution is 7.15. The highest BCUT2D eigenvalue weighted by atomic mass is 32.1. The van der Waals surface area contributed by atoms with Crippen LogP contribution in [0, 0.1) is 0 Å². The molecule has 0 saturated carbocycles. The minimum atomic E-state index is 0.267. The summed E-state index contributed by atoms with van der Waals surface area (Å²) >= 11 is 1.60. The Bertz CT molecular complexity index is 583. The molecule has 2 heterocycles. The van der Waals surface area contributed by atoms with E-state index in [1.165, 1.54) is 0 Å². The molecule has 1 N–H and O–H groups in total. The van der Waals surface area contributed by atoms with Crippen LogP contribution in [0.15, 0.2) is 42.0 Å². The highest BCUT2D eigenvalue weighted by Crippen LogP contribution is 2.24. The summed E-state index contributed by atoms with van der Waals surface area (Å²) in [6.45, 7) is 0. The molecule has 3 nitrogen and oxygen atoms in total. The lowest BCUT2D eigenvalue weighted by atomic mass is 10.2. The minimum Gasteiger partial charge on any atom is -0.508 e. The third-order valence-electron chi connectivity index (χ3n) is 2.24. The van der Waals surface area contributed by atoms with Gasteiger partial charge in [0.05, 0.1) is 5.69 Å². The zero-order valence-electron chi connectivity index (χ0n) is 7.79. The monoisotopic (exact) mass is 216 g/mol. The standard InChI is InChI=1S/C11H8N2OS/c14-9-3-1-2-8(6-9)10-7-13-4-5-15-11(13)12-10/h1-7,14H. The molecule has 15 heavy (non-hydrogen) atoms. The number of hydrogen-bond donors (Lipinski definition) is 1. The van der Waals surface area contributed by atoms with Crippen molar-refractivity contribution in [2.24, 2.45) is 0 Å². The van der Waals surface area contributed by atoms with E-state index in [2.05, 4.69) is 4.98 Å². The number of nitrogens with zero attached hydrogens (tertiary/aromatic N) is 2. The summed E-state index contributed by atoms with van der Waals surface area (Å²) in [7, 11) is 0. The molecule has 0 aliphatic heterocycles. The fourth-order valence-electron chi connectivity index (χ4n) is 1.53. The normalized spacial score (nSPS) is 10.9. The van der Waals surface area contributed by atoms with Gasteiger partial charge in [-0.2, -0.15) is 0 Å². The Balaban J connectivity index is 2.17. The van der Waals surface area contributed by atoms with Crippen molar-refractivity contribution in [3.63, 3.8) is 0 Å². The molecule has 0 bridgehead atoms. The van der Waals surface area contributed by atoms with Crippen LogP contribution < -0.4 is 0 Å². The smallest absolute Gasteiger partial charge is 0.194 e. The van der Waals surface area contributed by atoms with Crippen molar-refractivity contribution in [3.05, 3.63) is 42.0 Å². The van der Waals surface area contributed by atoms with Gasteiger partial charge in [0.15, 0.2) is 4.96 Å². The van der Waals surface area contributed by atoms with Gasteiger partial charge >= 0.3 is 0 Å². The average molecular weight is 216 g/mol. The third kappa shape index (κ3) is 1.39. The number of imidazole rings is 1. The van der Waals surface area contributed by atoms with E-state index in [1.54, 1.807) is 23.5 Å². The molecule has 0 saturated heterocycles. The first kappa shape index (κ1) is 8.49. The molecule has 0 aliphatic rings. The number of thiazole rings is 1. The van der Waals surface area contributed by atoms with Crippen LogP contribution in [0.3, 0.4) is 0 Å². The summed E-state index contributed by atoms with van der Waals surface area (Å²) < 4.78 is 1.98. The number of aromatic hydroxyl groups is 1. The van der Waals surface area contributed by atoms with E-state index in [0.29, 0.717) is 0 Å². The number of rotatable bonds is 1. The Labute approximate surface area is 90.3 Å².